The zero-order valence-corrected chi connectivity index (χ0v) is 13.5. The predicted octanol–water partition coefficient (Wildman–Crippen LogP) is 4.68. The summed E-state index contributed by atoms with van der Waals surface area (Å²) in [6, 6.07) is 10.1. The van der Waals surface area contributed by atoms with Crippen LogP contribution >= 0.6 is 23.2 Å². The highest BCUT2D eigenvalue weighted by Crippen LogP contribution is 2.25. The number of hydrogen-bond donors (Lipinski definition) is 0. The van der Waals surface area contributed by atoms with E-state index >= 15 is 0 Å². The first kappa shape index (κ1) is 15.4. The minimum absolute atomic E-state index is 0.266. The highest BCUT2D eigenvalue weighted by atomic mass is 35.5. The van der Waals surface area contributed by atoms with E-state index in [0.717, 1.165) is 30.1 Å². The minimum atomic E-state index is 0.266. The predicted molar refractivity (Wildman–Crippen MR) is 85.9 cm³/mol. The van der Waals surface area contributed by atoms with E-state index in [1.165, 1.54) is 11.3 Å². The Morgan fingerprint density at radius 1 is 1.25 bits per heavy atom. The molecular weight excluding hydrogens is 291 g/mol. The van der Waals surface area contributed by atoms with Crippen molar-refractivity contribution in [3.05, 3.63) is 52.3 Å². The third-order valence-electron chi connectivity index (χ3n) is 3.54. The van der Waals surface area contributed by atoms with E-state index in [4.69, 9.17) is 23.2 Å². The molecule has 2 nitrogen and oxygen atoms in total. The summed E-state index contributed by atoms with van der Waals surface area (Å²) >= 11 is 12.2. The van der Waals surface area contributed by atoms with Crippen molar-refractivity contribution in [1.29, 1.82) is 0 Å². The molecule has 1 heterocycles. The van der Waals surface area contributed by atoms with Crippen LogP contribution in [0.5, 0.6) is 0 Å². The fraction of sp³-hybridized carbons (Fsp3) is 0.438. The Hall–Kier alpha value is -0.990. The summed E-state index contributed by atoms with van der Waals surface area (Å²) < 4.78 is 2.07. The van der Waals surface area contributed by atoms with Crippen molar-refractivity contribution in [2.75, 3.05) is 5.88 Å². The number of rotatable bonds is 6. The average Bonchev–Trinajstić information content (AvgIpc) is 2.87. The molecule has 0 radical (unpaired) electrons. The fourth-order valence-corrected chi connectivity index (χ4v) is 2.89. The van der Waals surface area contributed by atoms with Crippen molar-refractivity contribution in [1.82, 2.24) is 9.78 Å². The van der Waals surface area contributed by atoms with Crippen molar-refractivity contribution < 1.29 is 0 Å². The molecule has 0 spiro atoms. The lowest BCUT2D eigenvalue weighted by Crippen LogP contribution is -2.10. The van der Waals surface area contributed by atoms with Crippen molar-refractivity contribution in [3.8, 4) is 0 Å². The second kappa shape index (κ2) is 7.14. The van der Waals surface area contributed by atoms with Crippen LogP contribution in [0.2, 0.25) is 5.02 Å². The summed E-state index contributed by atoms with van der Waals surface area (Å²) in [5.74, 6) is 0.846. The van der Waals surface area contributed by atoms with Gasteiger partial charge in [-0.2, -0.15) is 5.10 Å². The van der Waals surface area contributed by atoms with Gasteiger partial charge in [-0.25, -0.2) is 0 Å². The van der Waals surface area contributed by atoms with Crippen molar-refractivity contribution in [2.45, 2.75) is 39.2 Å². The molecule has 1 atom stereocenters. The summed E-state index contributed by atoms with van der Waals surface area (Å²) in [7, 11) is 0. The van der Waals surface area contributed by atoms with Gasteiger partial charge >= 0.3 is 0 Å². The quantitative estimate of drug-likeness (QED) is 0.708. The number of aryl methyl sites for hydroxylation is 2. The molecule has 2 rings (SSSR count). The Bertz CT molecular complexity index is 563. The second-order valence-electron chi connectivity index (χ2n) is 4.91. The lowest BCUT2D eigenvalue weighted by molar-refractivity contribution is 0.593. The molecule has 0 fully saturated rings. The Morgan fingerprint density at radius 3 is 2.65 bits per heavy atom. The van der Waals surface area contributed by atoms with Gasteiger partial charge in [0.15, 0.2) is 0 Å². The highest BCUT2D eigenvalue weighted by Gasteiger charge is 2.15. The summed E-state index contributed by atoms with van der Waals surface area (Å²) in [5, 5.41) is 5.35. The van der Waals surface area contributed by atoms with E-state index < -0.39 is 0 Å². The van der Waals surface area contributed by atoms with E-state index in [2.05, 4.69) is 35.8 Å². The van der Waals surface area contributed by atoms with Crippen LogP contribution in [0.25, 0.3) is 0 Å². The van der Waals surface area contributed by atoms with Crippen molar-refractivity contribution in [3.63, 3.8) is 0 Å². The summed E-state index contributed by atoms with van der Waals surface area (Å²) in [4.78, 5) is 0. The van der Waals surface area contributed by atoms with Gasteiger partial charge in [-0.05, 0) is 43.5 Å². The molecule has 0 aliphatic carbocycles. The normalized spacial score (nSPS) is 12.6. The molecule has 108 valence electrons. The van der Waals surface area contributed by atoms with E-state index in [9.17, 15) is 0 Å². The summed E-state index contributed by atoms with van der Waals surface area (Å²) in [6.07, 6.45) is 1.85. The van der Waals surface area contributed by atoms with Gasteiger partial charge in [0.2, 0.25) is 0 Å². The first-order valence-corrected chi connectivity index (χ1v) is 7.96. The number of nitrogens with zero attached hydrogens (tertiary/aromatic N) is 2. The molecule has 0 aliphatic heterocycles. The molecule has 0 N–H and O–H groups in total. The second-order valence-corrected chi connectivity index (χ2v) is 5.65. The summed E-state index contributed by atoms with van der Waals surface area (Å²) in [6.45, 7) is 5.13. The molecular formula is C16H20Cl2N2. The molecule has 20 heavy (non-hydrogen) atoms. The molecule has 0 saturated carbocycles. The van der Waals surface area contributed by atoms with E-state index in [-0.39, 0.29) is 5.92 Å². The van der Waals surface area contributed by atoms with Gasteiger partial charge in [-0.3, -0.25) is 4.68 Å². The number of benzene rings is 1. The Labute approximate surface area is 130 Å². The average molecular weight is 311 g/mol. The highest BCUT2D eigenvalue weighted by molar-refractivity contribution is 6.30. The maximum atomic E-state index is 6.17. The third kappa shape index (κ3) is 3.56. The standard InChI is InChI=1S/C16H20Cl2N2/c1-3-15-10-16(20(4-2)19-15)9-13(11-17)12-6-5-7-14(18)8-12/h5-8,10,13H,3-4,9,11H2,1-2H3. The zero-order chi connectivity index (χ0) is 14.5. The fourth-order valence-electron chi connectivity index (χ4n) is 2.40. The summed E-state index contributed by atoms with van der Waals surface area (Å²) in [5.41, 5.74) is 3.57. The number of alkyl halides is 1. The maximum absolute atomic E-state index is 6.17. The molecule has 4 heteroatoms. The lowest BCUT2D eigenvalue weighted by atomic mass is 9.96. The Balaban J connectivity index is 2.24. The van der Waals surface area contributed by atoms with Crippen LogP contribution in [-0.2, 0) is 19.4 Å². The topological polar surface area (TPSA) is 17.8 Å². The molecule has 0 saturated heterocycles. The third-order valence-corrected chi connectivity index (χ3v) is 4.15. The van der Waals surface area contributed by atoms with Gasteiger partial charge in [-0.1, -0.05) is 30.7 Å². The molecule has 2 aromatic rings. The Kier molecular flexibility index (Phi) is 5.50. The first-order valence-electron chi connectivity index (χ1n) is 7.04. The molecule has 0 amide bonds. The number of halogens is 2. The molecule has 1 aromatic heterocycles. The van der Waals surface area contributed by atoms with E-state index in [0.29, 0.717) is 5.88 Å². The lowest BCUT2D eigenvalue weighted by Gasteiger charge is -2.15. The smallest absolute Gasteiger partial charge is 0.0624 e. The minimum Gasteiger partial charge on any atom is -0.270 e. The molecule has 0 aliphatic rings. The maximum Gasteiger partial charge on any atom is 0.0624 e. The van der Waals surface area contributed by atoms with Gasteiger partial charge in [0, 0.05) is 29.1 Å². The number of aromatic nitrogens is 2. The van der Waals surface area contributed by atoms with Crippen LogP contribution in [0.3, 0.4) is 0 Å². The van der Waals surface area contributed by atoms with E-state index in [1.807, 2.05) is 18.2 Å². The van der Waals surface area contributed by atoms with Gasteiger partial charge < -0.3 is 0 Å². The molecule has 0 bridgehead atoms. The van der Waals surface area contributed by atoms with Crippen molar-refractivity contribution >= 4 is 23.2 Å². The van der Waals surface area contributed by atoms with Crippen LogP contribution in [-0.4, -0.2) is 15.7 Å². The number of hydrogen-bond acceptors (Lipinski definition) is 1. The van der Waals surface area contributed by atoms with Gasteiger partial charge in [0.25, 0.3) is 0 Å². The molecule has 1 unspecified atom stereocenters. The van der Waals surface area contributed by atoms with Crippen LogP contribution < -0.4 is 0 Å². The van der Waals surface area contributed by atoms with Crippen LogP contribution in [0.15, 0.2) is 30.3 Å². The Morgan fingerprint density at radius 2 is 2.05 bits per heavy atom. The van der Waals surface area contributed by atoms with Crippen LogP contribution in [0.4, 0.5) is 0 Å². The van der Waals surface area contributed by atoms with Gasteiger partial charge in [0.1, 0.15) is 0 Å². The first-order chi connectivity index (χ1) is 9.67. The van der Waals surface area contributed by atoms with Gasteiger partial charge in [-0.15, -0.1) is 11.6 Å². The van der Waals surface area contributed by atoms with Crippen molar-refractivity contribution in [2.24, 2.45) is 0 Å². The molecule has 1 aromatic carbocycles. The monoisotopic (exact) mass is 310 g/mol. The van der Waals surface area contributed by atoms with Crippen LogP contribution in [0, 0.1) is 0 Å². The van der Waals surface area contributed by atoms with E-state index in [1.54, 1.807) is 0 Å². The van der Waals surface area contributed by atoms with Gasteiger partial charge in [0.05, 0.1) is 5.69 Å². The van der Waals surface area contributed by atoms with Crippen LogP contribution in [0.1, 0.15) is 36.7 Å². The zero-order valence-electron chi connectivity index (χ0n) is 11.9. The largest absolute Gasteiger partial charge is 0.270 e. The SMILES string of the molecule is CCc1cc(CC(CCl)c2cccc(Cl)c2)n(CC)n1.